The van der Waals surface area contributed by atoms with Gasteiger partial charge in [-0.15, -0.1) is 11.3 Å². The lowest BCUT2D eigenvalue weighted by molar-refractivity contribution is -0.121. The lowest BCUT2D eigenvalue weighted by Crippen LogP contribution is -2.22. The van der Waals surface area contributed by atoms with Crippen LogP contribution in [-0.2, 0) is 17.8 Å². The SMILES string of the molecule is N#Cc1cccc(CNC(=O)CCCc2cccs2)c1. The van der Waals surface area contributed by atoms with Crippen LogP contribution in [-0.4, -0.2) is 5.91 Å². The van der Waals surface area contributed by atoms with Crippen molar-refractivity contribution in [3.8, 4) is 6.07 Å². The quantitative estimate of drug-likeness (QED) is 0.885. The summed E-state index contributed by atoms with van der Waals surface area (Å²) < 4.78 is 0. The summed E-state index contributed by atoms with van der Waals surface area (Å²) in [4.78, 5) is 13.0. The van der Waals surface area contributed by atoms with E-state index >= 15 is 0 Å². The van der Waals surface area contributed by atoms with Gasteiger partial charge in [0.25, 0.3) is 0 Å². The molecule has 0 spiro atoms. The molecule has 0 aliphatic rings. The number of rotatable bonds is 6. The van der Waals surface area contributed by atoms with Crippen LogP contribution in [0, 0.1) is 11.3 Å². The highest BCUT2D eigenvalue weighted by Crippen LogP contribution is 2.12. The van der Waals surface area contributed by atoms with Crippen LogP contribution in [0.15, 0.2) is 41.8 Å². The van der Waals surface area contributed by atoms with Gasteiger partial charge in [-0.05, 0) is 42.0 Å². The Morgan fingerprint density at radius 2 is 2.20 bits per heavy atom. The maximum Gasteiger partial charge on any atom is 0.220 e. The van der Waals surface area contributed by atoms with E-state index < -0.39 is 0 Å². The molecule has 0 radical (unpaired) electrons. The van der Waals surface area contributed by atoms with Crippen LogP contribution in [0.3, 0.4) is 0 Å². The van der Waals surface area contributed by atoms with Gasteiger partial charge in [0, 0.05) is 17.8 Å². The van der Waals surface area contributed by atoms with E-state index in [0.29, 0.717) is 18.5 Å². The van der Waals surface area contributed by atoms with Gasteiger partial charge in [0.1, 0.15) is 0 Å². The molecule has 20 heavy (non-hydrogen) atoms. The molecule has 1 amide bonds. The van der Waals surface area contributed by atoms with Crippen LogP contribution < -0.4 is 5.32 Å². The molecule has 1 N–H and O–H groups in total. The number of nitrogens with one attached hydrogen (secondary N) is 1. The summed E-state index contributed by atoms with van der Waals surface area (Å²) >= 11 is 1.73. The van der Waals surface area contributed by atoms with E-state index in [1.807, 2.05) is 18.2 Å². The molecule has 0 aliphatic heterocycles. The minimum atomic E-state index is 0.0592. The summed E-state index contributed by atoms with van der Waals surface area (Å²) in [5.74, 6) is 0.0592. The van der Waals surface area contributed by atoms with Crippen LogP contribution in [0.4, 0.5) is 0 Å². The van der Waals surface area contributed by atoms with E-state index in [1.54, 1.807) is 23.5 Å². The summed E-state index contributed by atoms with van der Waals surface area (Å²) in [5.41, 5.74) is 1.57. The fourth-order valence-electron chi connectivity index (χ4n) is 1.92. The summed E-state index contributed by atoms with van der Waals surface area (Å²) in [6.07, 6.45) is 2.36. The first kappa shape index (κ1) is 14.3. The molecule has 0 saturated carbocycles. The summed E-state index contributed by atoms with van der Waals surface area (Å²) in [6.45, 7) is 0.480. The van der Waals surface area contributed by atoms with Crippen molar-refractivity contribution >= 4 is 17.2 Å². The Morgan fingerprint density at radius 3 is 2.95 bits per heavy atom. The Labute approximate surface area is 122 Å². The van der Waals surface area contributed by atoms with Crippen LogP contribution >= 0.6 is 11.3 Å². The Balaban J connectivity index is 1.70. The minimum absolute atomic E-state index is 0.0592. The highest BCUT2D eigenvalue weighted by molar-refractivity contribution is 7.09. The zero-order valence-corrected chi connectivity index (χ0v) is 12.0. The number of aryl methyl sites for hydroxylation is 1. The van der Waals surface area contributed by atoms with Crippen molar-refractivity contribution in [3.63, 3.8) is 0 Å². The van der Waals surface area contributed by atoms with E-state index in [-0.39, 0.29) is 5.91 Å². The number of nitriles is 1. The fraction of sp³-hybridized carbons (Fsp3) is 0.250. The molecule has 1 heterocycles. The summed E-state index contributed by atoms with van der Waals surface area (Å²) in [6, 6.07) is 13.5. The molecule has 1 aromatic heterocycles. The van der Waals surface area contributed by atoms with E-state index in [4.69, 9.17) is 5.26 Å². The second-order valence-corrected chi connectivity index (χ2v) is 5.55. The largest absolute Gasteiger partial charge is 0.352 e. The van der Waals surface area contributed by atoms with Crippen LogP contribution in [0.2, 0.25) is 0 Å². The average Bonchev–Trinajstić information content (AvgIpc) is 2.98. The zero-order chi connectivity index (χ0) is 14.2. The Bertz CT molecular complexity index is 599. The molecule has 0 bridgehead atoms. The first-order valence-corrected chi connectivity index (χ1v) is 7.44. The molecule has 2 rings (SSSR count). The van der Waals surface area contributed by atoms with Gasteiger partial charge in [0.05, 0.1) is 11.6 Å². The zero-order valence-electron chi connectivity index (χ0n) is 11.1. The van der Waals surface area contributed by atoms with E-state index in [0.717, 1.165) is 18.4 Å². The van der Waals surface area contributed by atoms with Crippen molar-refractivity contribution in [3.05, 3.63) is 57.8 Å². The highest BCUT2D eigenvalue weighted by Gasteiger charge is 2.03. The Morgan fingerprint density at radius 1 is 1.30 bits per heavy atom. The lowest BCUT2D eigenvalue weighted by Gasteiger charge is -2.05. The molecule has 0 unspecified atom stereocenters. The maximum atomic E-state index is 11.7. The maximum absolute atomic E-state index is 11.7. The predicted molar refractivity (Wildman–Crippen MR) is 80.3 cm³/mol. The van der Waals surface area contributed by atoms with Crippen molar-refractivity contribution in [2.45, 2.75) is 25.8 Å². The number of nitrogens with zero attached hydrogens (tertiary/aromatic N) is 1. The normalized spacial score (nSPS) is 9.95. The number of amides is 1. The lowest BCUT2D eigenvalue weighted by atomic mass is 10.1. The fourth-order valence-corrected chi connectivity index (χ4v) is 2.67. The van der Waals surface area contributed by atoms with Crippen molar-refractivity contribution in [2.75, 3.05) is 0 Å². The third-order valence-corrected chi connectivity index (χ3v) is 3.89. The van der Waals surface area contributed by atoms with E-state index in [2.05, 4.69) is 22.8 Å². The molecule has 0 saturated heterocycles. The van der Waals surface area contributed by atoms with Gasteiger partial charge in [-0.1, -0.05) is 18.2 Å². The van der Waals surface area contributed by atoms with Crippen LogP contribution in [0.5, 0.6) is 0 Å². The van der Waals surface area contributed by atoms with Crippen molar-refractivity contribution in [1.82, 2.24) is 5.32 Å². The van der Waals surface area contributed by atoms with E-state index in [9.17, 15) is 4.79 Å². The molecule has 4 heteroatoms. The molecule has 3 nitrogen and oxygen atoms in total. The van der Waals surface area contributed by atoms with Gasteiger partial charge in [-0.2, -0.15) is 5.26 Å². The number of benzene rings is 1. The number of carbonyl (C=O) groups is 1. The van der Waals surface area contributed by atoms with Crippen molar-refractivity contribution < 1.29 is 4.79 Å². The number of thiophene rings is 1. The summed E-state index contributed by atoms with van der Waals surface area (Å²) in [7, 11) is 0. The molecule has 0 aliphatic carbocycles. The molecule has 0 atom stereocenters. The standard InChI is InChI=1S/C16H16N2OS/c17-11-13-4-1-5-14(10-13)12-18-16(19)8-2-6-15-7-3-9-20-15/h1,3-5,7,9-10H,2,6,8,12H2,(H,18,19). The van der Waals surface area contributed by atoms with Crippen molar-refractivity contribution in [1.29, 1.82) is 5.26 Å². The smallest absolute Gasteiger partial charge is 0.220 e. The van der Waals surface area contributed by atoms with Gasteiger partial charge >= 0.3 is 0 Å². The van der Waals surface area contributed by atoms with Crippen LogP contribution in [0.1, 0.15) is 28.8 Å². The van der Waals surface area contributed by atoms with Gasteiger partial charge in [0.15, 0.2) is 0 Å². The Hall–Kier alpha value is -2.12. The van der Waals surface area contributed by atoms with E-state index in [1.165, 1.54) is 4.88 Å². The topological polar surface area (TPSA) is 52.9 Å². The second kappa shape index (κ2) is 7.46. The Kier molecular flexibility index (Phi) is 5.33. The second-order valence-electron chi connectivity index (χ2n) is 4.52. The van der Waals surface area contributed by atoms with Gasteiger partial charge in [-0.3, -0.25) is 4.79 Å². The minimum Gasteiger partial charge on any atom is -0.352 e. The monoisotopic (exact) mass is 284 g/mol. The molecule has 102 valence electrons. The highest BCUT2D eigenvalue weighted by atomic mass is 32.1. The van der Waals surface area contributed by atoms with Gasteiger partial charge < -0.3 is 5.32 Å². The number of hydrogen-bond donors (Lipinski definition) is 1. The first-order chi connectivity index (χ1) is 9.78. The number of carbonyl (C=O) groups excluding carboxylic acids is 1. The third kappa shape index (κ3) is 4.52. The molecule has 2 aromatic rings. The summed E-state index contributed by atoms with van der Waals surface area (Å²) in [5, 5.41) is 13.7. The van der Waals surface area contributed by atoms with Crippen molar-refractivity contribution in [2.24, 2.45) is 0 Å². The first-order valence-electron chi connectivity index (χ1n) is 6.56. The number of hydrogen-bond acceptors (Lipinski definition) is 3. The molecule has 1 aromatic carbocycles. The molecular formula is C16H16N2OS. The van der Waals surface area contributed by atoms with Crippen LogP contribution in [0.25, 0.3) is 0 Å². The van der Waals surface area contributed by atoms with Gasteiger partial charge in [0.2, 0.25) is 5.91 Å². The van der Waals surface area contributed by atoms with Gasteiger partial charge in [-0.25, -0.2) is 0 Å². The molecular weight excluding hydrogens is 268 g/mol. The molecule has 0 fully saturated rings. The average molecular weight is 284 g/mol. The third-order valence-electron chi connectivity index (χ3n) is 2.95. The predicted octanol–water partition coefficient (Wildman–Crippen LogP) is 3.26.